The summed E-state index contributed by atoms with van der Waals surface area (Å²) in [6.07, 6.45) is 2.14. The zero-order valence-electron chi connectivity index (χ0n) is 10.6. The number of aromatic amines is 1. The molecule has 2 nitrogen and oxygen atoms in total. The quantitative estimate of drug-likeness (QED) is 0.737. The van der Waals surface area contributed by atoms with Crippen molar-refractivity contribution in [2.75, 3.05) is 0 Å². The van der Waals surface area contributed by atoms with Crippen molar-refractivity contribution >= 4 is 11.8 Å². The Balaban J connectivity index is 2.45. The van der Waals surface area contributed by atoms with Gasteiger partial charge in [-0.3, -0.25) is 4.99 Å². The molecule has 0 atom stereocenters. The minimum absolute atomic E-state index is 1.08. The molecular weight excluding hydrogens is 196 g/mol. The summed E-state index contributed by atoms with van der Waals surface area (Å²) in [6.45, 7) is 10.5. The topological polar surface area (TPSA) is 28.1 Å². The molecule has 0 saturated carbocycles. The van der Waals surface area contributed by atoms with Gasteiger partial charge >= 0.3 is 0 Å². The van der Waals surface area contributed by atoms with E-state index in [9.17, 15) is 0 Å². The highest BCUT2D eigenvalue weighted by Crippen LogP contribution is 2.27. The number of aliphatic imine (C=N–C) groups is 1. The maximum absolute atomic E-state index is 4.58. The highest BCUT2D eigenvalue weighted by molar-refractivity contribution is 6.03. The normalized spacial score (nSPS) is 18.6. The molecule has 0 amide bonds. The highest BCUT2D eigenvalue weighted by atomic mass is 14.8. The Bertz CT molecular complexity index is 525. The molecule has 0 saturated heterocycles. The van der Waals surface area contributed by atoms with Gasteiger partial charge in [0.15, 0.2) is 0 Å². The molecule has 1 aromatic heterocycles. The van der Waals surface area contributed by atoms with E-state index in [0.717, 1.165) is 17.1 Å². The SMILES string of the molecule is CC1=N/C(=C\c2[nH]c(C)cc2C)C(C)=C1C. The molecule has 16 heavy (non-hydrogen) atoms. The van der Waals surface area contributed by atoms with E-state index in [-0.39, 0.29) is 0 Å². The average molecular weight is 214 g/mol. The second-order valence-corrected chi connectivity index (χ2v) is 4.53. The van der Waals surface area contributed by atoms with Gasteiger partial charge in [0.05, 0.1) is 5.70 Å². The third kappa shape index (κ3) is 1.75. The van der Waals surface area contributed by atoms with Crippen molar-refractivity contribution in [3.8, 4) is 0 Å². The lowest BCUT2D eigenvalue weighted by molar-refractivity contribution is 1.23. The lowest BCUT2D eigenvalue weighted by Crippen LogP contribution is -1.86. The van der Waals surface area contributed by atoms with Crippen LogP contribution in [0.15, 0.2) is 27.9 Å². The molecule has 1 aliphatic heterocycles. The highest BCUT2D eigenvalue weighted by Gasteiger charge is 2.14. The number of H-pyrrole nitrogens is 1. The van der Waals surface area contributed by atoms with Crippen LogP contribution in [0.5, 0.6) is 0 Å². The van der Waals surface area contributed by atoms with E-state index >= 15 is 0 Å². The molecule has 2 heterocycles. The van der Waals surface area contributed by atoms with E-state index in [2.05, 4.69) is 56.7 Å². The van der Waals surface area contributed by atoms with Crippen LogP contribution in [0, 0.1) is 13.8 Å². The fourth-order valence-electron chi connectivity index (χ4n) is 1.99. The molecule has 1 N–H and O–H groups in total. The Morgan fingerprint density at radius 3 is 2.19 bits per heavy atom. The number of aryl methyl sites for hydroxylation is 2. The van der Waals surface area contributed by atoms with E-state index in [1.807, 2.05) is 0 Å². The summed E-state index contributed by atoms with van der Waals surface area (Å²) in [5, 5.41) is 0. The summed E-state index contributed by atoms with van der Waals surface area (Å²) in [7, 11) is 0. The van der Waals surface area contributed by atoms with Crippen molar-refractivity contribution in [2.24, 2.45) is 4.99 Å². The summed E-state index contributed by atoms with van der Waals surface area (Å²) in [6, 6.07) is 2.16. The second-order valence-electron chi connectivity index (χ2n) is 4.53. The van der Waals surface area contributed by atoms with Crippen LogP contribution in [-0.4, -0.2) is 10.7 Å². The second kappa shape index (κ2) is 3.78. The van der Waals surface area contributed by atoms with Crippen LogP contribution >= 0.6 is 0 Å². The van der Waals surface area contributed by atoms with Crippen LogP contribution in [0.25, 0.3) is 6.08 Å². The minimum Gasteiger partial charge on any atom is -0.359 e. The van der Waals surface area contributed by atoms with Gasteiger partial charge in [0.2, 0.25) is 0 Å². The first-order valence-electron chi connectivity index (χ1n) is 5.60. The molecule has 0 bridgehead atoms. The van der Waals surface area contributed by atoms with Gasteiger partial charge in [-0.1, -0.05) is 0 Å². The summed E-state index contributed by atoms with van der Waals surface area (Å²) in [5.41, 5.74) is 8.43. The van der Waals surface area contributed by atoms with E-state index in [0.29, 0.717) is 0 Å². The van der Waals surface area contributed by atoms with Crippen LogP contribution in [-0.2, 0) is 0 Å². The molecule has 1 aliphatic rings. The van der Waals surface area contributed by atoms with Crippen molar-refractivity contribution in [3.05, 3.63) is 39.9 Å². The van der Waals surface area contributed by atoms with Crippen molar-refractivity contribution in [1.29, 1.82) is 0 Å². The molecule has 1 aromatic rings. The van der Waals surface area contributed by atoms with E-state index in [1.165, 1.54) is 22.4 Å². The smallest absolute Gasteiger partial charge is 0.0686 e. The molecule has 0 spiro atoms. The Morgan fingerprint density at radius 1 is 1.06 bits per heavy atom. The number of nitrogens with one attached hydrogen (secondary N) is 1. The van der Waals surface area contributed by atoms with Gasteiger partial charge < -0.3 is 4.98 Å². The Labute approximate surface area is 96.8 Å². The maximum atomic E-state index is 4.58. The number of hydrogen-bond acceptors (Lipinski definition) is 1. The first-order chi connectivity index (χ1) is 7.49. The molecule has 0 aromatic carbocycles. The van der Waals surface area contributed by atoms with Gasteiger partial charge in [0.25, 0.3) is 0 Å². The molecule has 2 heteroatoms. The predicted molar refractivity (Wildman–Crippen MR) is 69.7 cm³/mol. The molecule has 0 fully saturated rings. The number of nitrogens with zero attached hydrogens (tertiary/aromatic N) is 1. The molecule has 84 valence electrons. The molecule has 2 rings (SSSR count). The van der Waals surface area contributed by atoms with Crippen LogP contribution in [0.3, 0.4) is 0 Å². The van der Waals surface area contributed by atoms with E-state index in [4.69, 9.17) is 0 Å². The first kappa shape index (κ1) is 10.9. The van der Waals surface area contributed by atoms with E-state index in [1.54, 1.807) is 0 Å². The van der Waals surface area contributed by atoms with Crippen LogP contribution in [0.2, 0.25) is 0 Å². The largest absolute Gasteiger partial charge is 0.359 e. The summed E-state index contributed by atoms with van der Waals surface area (Å²) < 4.78 is 0. The zero-order chi connectivity index (χ0) is 11.9. The lowest BCUT2D eigenvalue weighted by atomic mass is 10.1. The summed E-state index contributed by atoms with van der Waals surface area (Å²) in [5.74, 6) is 0. The third-order valence-electron chi connectivity index (χ3n) is 3.25. The third-order valence-corrected chi connectivity index (χ3v) is 3.25. The average Bonchev–Trinajstić information content (AvgIpc) is 2.64. The van der Waals surface area contributed by atoms with Crippen LogP contribution < -0.4 is 0 Å². The van der Waals surface area contributed by atoms with Crippen LogP contribution in [0.1, 0.15) is 37.7 Å². The van der Waals surface area contributed by atoms with Crippen LogP contribution in [0.4, 0.5) is 0 Å². The fourth-order valence-corrected chi connectivity index (χ4v) is 1.99. The Morgan fingerprint density at radius 2 is 1.75 bits per heavy atom. The van der Waals surface area contributed by atoms with Crippen molar-refractivity contribution in [3.63, 3.8) is 0 Å². The molecular formula is C14H18N2. The number of aromatic nitrogens is 1. The number of allylic oxidation sites excluding steroid dienone is 2. The molecule has 0 aliphatic carbocycles. The zero-order valence-corrected chi connectivity index (χ0v) is 10.6. The first-order valence-corrected chi connectivity index (χ1v) is 5.60. The van der Waals surface area contributed by atoms with Gasteiger partial charge in [0.1, 0.15) is 0 Å². The van der Waals surface area contributed by atoms with Crippen molar-refractivity contribution in [2.45, 2.75) is 34.6 Å². The van der Waals surface area contributed by atoms with Crippen molar-refractivity contribution < 1.29 is 0 Å². The van der Waals surface area contributed by atoms with Gasteiger partial charge in [0, 0.05) is 17.1 Å². The molecule has 0 radical (unpaired) electrons. The maximum Gasteiger partial charge on any atom is 0.0686 e. The Hall–Kier alpha value is -1.57. The van der Waals surface area contributed by atoms with Gasteiger partial charge in [-0.25, -0.2) is 0 Å². The van der Waals surface area contributed by atoms with Gasteiger partial charge in [-0.2, -0.15) is 0 Å². The van der Waals surface area contributed by atoms with Gasteiger partial charge in [-0.05, 0) is 63.5 Å². The van der Waals surface area contributed by atoms with Gasteiger partial charge in [-0.15, -0.1) is 0 Å². The predicted octanol–water partition coefficient (Wildman–Crippen LogP) is 3.78. The Kier molecular flexibility index (Phi) is 2.58. The number of rotatable bonds is 1. The summed E-state index contributed by atoms with van der Waals surface area (Å²) in [4.78, 5) is 7.93. The fraction of sp³-hybridized carbons (Fsp3) is 0.357. The standard InChI is InChI=1S/C14H18N2/c1-8-6-9(2)15-13(8)7-14-11(4)10(3)12(5)16-14/h6-7,15H,1-5H3/b14-7-. The minimum atomic E-state index is 1.08. The molecule has 0 unspecified atom stereocenters. The number of hydrogen-bond donors (Lipinski definition) is 1. The monoisotopic (exact) mass is 214 g/mol. The summed E-state index contributed by atoms with van der Waals surface area (Å²) >= 11 is 0. The van der Waals surface area contributed by atoms with E-state index < -0.39 is 0 Å². The van der Waals surface area contributed by atoms with Crippen molar-refractivity contribution in [1.82, 2.24) is 4.98 Å². The lowest BCUT2D eigenvalue weighted by Gasteiger charge is -1.98.